The van der Waals surface area contributed by atoms with Crippen LogP contribution in [-0.2, 0) is 0 Å². The lowest BCUT2D eigenvalue weighted by atomic mass is 10.1. The third kappa shape index (κ3) is 1.75. The van der Waals surface area contributed by atoms with Crippen LogP contribution in [0.1, 0.15) is 28.5 Å². The first kappa shape index (κ1) is 11.0. The molecule has 4 heteroatoms. The van der Waals surface area contributed by atoms with Gasteiger partial charge in [0.1, 0.15) is 16.5 Å². The maximum atomic E-state index is 11.2. The van der Waals surface area contributed by atoms with Crippen LogP contribution in [0, 0.1) is 13.8 Å². The Balaban J connectivity index is 3.50. The summed E-state index contributed by atoms with van der Waals surface area (Å²) in [6.45, 7) is 5.17. The minimum atomic E-state index is -0.0731. The van der Waals surface area contributed by atoms with E-state index in [0.29, 0.717) is 16.5 Å². The molecule has 14 heavy (non-hydrogen) atoms. The molecule has 0 N–H and O–H groups in total. The Labute approximate surface area is 88.9 Å². The zero-order valence-electron chi connectivity index (χ0n) is 8.71. The highest BCUT2D eigenvalue weighted by atomic mass is 32.1. The predicted octanol–water partition coefficient (Wildman–Crippen LogP) is 2.20. The lowest BCUT2D eigenvalue weighted by molar-refractivity contribution is 0.101. The molecule has 0 fully saturated rings. The molecule has 0 aromatic carbocycles. The number of methoxy groups -OCH3 is 1. The molecule has 1 rings (SSSR count). The van der Waals surface area contributed by atoms with E-state index in [2.05, 4.69) is 17.6 Å². The maximum Gasteiger partial charge on any atom is 0.178 e. The van der Waals surface area contributed by atoms with Crippen LogP contribution in [0.5, 0.6) is 5.75 Å². The van der Waals surface area contributed by atoms with Crippen molar-refractivity contribution in [3.63, 3.8) is 0 Å². The van der Waals surface area contributed by atoms with Crippen LogP contribution in [-0.4, -0.2) is 17.9 Å². The van der Waals surface area contributed by atoms with Crippen molar-refractivity contribution >= 4 is 18.4 Å². The average Bonchev–Trinajstić information content (AvgIpc) is 2.12. The van der Waals surface area contributed by atoms with Crippen molar-refractivity contribution in [1.29, 1.82) is 0 Å². The van der Waals surface area contributed by atoms with E-state index in [9.17, 15) is 4.79 Å². The Bertz CT molecular complexity index is 388. The Hall–Kier alpha value is -1.03. The molecule has 0 unspecified atom stereocenters. The summed E-state index contributed by atoms with van der Waals surface area (Å²) in [5, 5.41) is 0.539. The summed E-state index contributed by atoms with van der Waals surface area (Å²) in [4.78, 5) is 15.4. The van der Waals surface area contributed by atoms with E-state index in [1.807, 2.05) is 13.8 Å². The number of rotatable bonds is 2. The third-order valence-electron chi connectivity index (χ3n) is 2.13. The average molecular weight is 211 g/mol. The monoisotopic (exact) mass is 211 g/mol. The first-order chi connectivity index (χ1) is 6.49. The van der Waals surface area contributed by atoms with E-state index >= 15 is 0 Å². The van der Waals surface area contributed by atoms with Gasteiger partial charge in [-0.05, 0) is 13.8 Å². The van der Waals surface area contributed by atoms with E-state index in [1.165, 1.54) is 6.92 Å². The number of ether oxygens (including phenoxy) is 1. The topological polar surface area (TPSA) is 39.2 Å². The molecule has 0 spiro atoms. The van der Waals surface area contributed by atoms with Gasteiger partial charge in [-0.3, -0.25) is 4.79 Å². The second-order valence-corrected chi connectivity index (χ2v) is 3.55. The molecule has 1 aromatic heterocycles. The Morgan fingerprint density at radius 3 is 2.36 bits per heavy atom. The van der Waals surface area contributed by atoms with Crippen molar-refractivity contribution in [2.24, 2.45) is 0 Å². The predicted molar refractivity (Wildman–Crippen MR) is 57.5 cm³/mol. The minimum Gasteiger partial charge on any atom is -0.496 e. The highest BCUT2D eigenvalue weighted by molar-refractivity contribution is 7.80. The highest BCUT2D eigenvalue weighted by Crippen LogP contribution is 2.28. The quantitative estimate of drug-likeness (QED) is 0.602. The van der Waals surface area contributed by atoms with Gasteiger partial charge >= 0.3 is 0 Å². The second-order valence-electron chi connectivity index (χ2n) is 3.12. The fourth-order valence-corrected chi connectivity index (χ4v) is 1.61. The van der Waals surface area contributed by atoms with Crippen molar-refractivity contribution < 1.29 is 9.53 Å². The molecule has 0 aliphatic heterocycles. The van der Waals surface area contributed by atoms with Gasteiger partial charge in [-0.25, -0.2) is 4.98 Å². The number of nitrogens with zero attached hydrogens (tertiary/aromatic N) is 1. The summed E-state index contributed by atoms with van der Waals surface area (Å²) < 4.78 is 5.21. The van der Waals surface area contributed by atoms with Crippen molar-refractivity contribution in [2.75, 3.05) is 7.11 Å². The summed E-state index contributed by atoms with van der Waals surface area (Å²) in [7, 11) is 1.58. The Morgan fingerprint density at radius 1 is 1.36 bits per heavy atom. The van der Waals surface area contributed by atoms with Crippen LogP contribution >= 0.6 is 12.6 Å². The number of pyridine rings is 1. The molecule has 0 amide bonds. The molecule has 1 heterocycles. The normalized spacial score (nSPS) is 10.1. The lowest BCUT2D eigenvalue weighted by Crippen LogP contribution is -2.05. The van der Waals surface area contributed by atoms with E-state index < -0.39 is 0 Å². The molecule has 0 atom stereocenters. The molecule has 0 radical (unpaired) electrons. The molecule has 0 saturated heterocycles. The number of hydrogen-bond acceptors (Lipinski definition) is 4. The van der Waals surface area contributed by atoms with Crippen LogP contribution in [0.15, 0.2) is 5.03 Å². The fourth-order valence-electron chi connectivity index (χ4n) is 1.41. The lowest BCUT2D eigenvalue weighted by Gasteiger charge is -2.12. The molecule has 3 nitrogen and oxygen atoms in total. The number of Topliss-reactive ketones (excluding diaryl/α,β-unsaturated/α-hetero) is 1. The van der Waals surface area contributed by atoms with Gasteiger partial charge in [0.05, 0.1) is 7.11 Å². The SMILES string of the molecule is COc1c(C)c(S)nc(C(C)=O)c1C. The van der Waals surface area contributed by atoms with Crippen LogP contribution < -0.4 is 4.74 Å². The second kappa shape index (κ2) is 4.00. The highest BCUT2D eigenvalue weighted by Gasteiger charge is 2.15. The van der Waals surface area contributed by atoms with Gasteiger partial charge in [-0.1, -0.05) is 0 Å². The fraction of sp³-hybridized carbons (Fsp3) is 0.400. The van der Waals surface area contributed by atoms with E-state index in [-0.39, 0.29) is 5.78 Å². The van der Waals surface area contributed by atoms with Crippen LogP contribution in [0.4, 0.5) is 0 Å². The molecule has 0 aliphatic rings. The first-order valence-electron chi connectivity index (χ1n) is 4.24. The molecular weight excluding hydrogens is 198 g/mol. The third-order valence-corrected chi connectivity index (χ3v) is 2.56. The van der Waals surface area contributed by atoms with Gasteiger partial charge in [0.15, 0.2) is 5.78 Å². The van der Waals surface area contributed by atoms with Gasteiger partial charge in [0.25, 0.3) is 0 Å². The molecule has 0 bridgehead atoms. The smallest absolute Gasteiger partial charge is 0.178 e. The number of hydrogen-bond donors (Lipinski definition) is 1. The van der Waals surface area contributed by atoms with Crippen molar-refractivity contribution in [1.82, 2.24) is 4.98 Å². The van der Waals surface area contributed by atoms with Gasteiger partial charge in [-0.15, -0.1) is 12.6 Å². The first-order valence-corrected chi connectivity index (χ1v) is 4.68. The number of carbonyl (C=O) groups is 1. The van der Waals surface area contributed by atoms with Crippen LogP contribution in [0.3, 0.4) is 0 Å². The standard InChI is InChI=1S/C10H13NO2S/c1-5-8(7(3)12)11-10(14)6(2)9(5)13-4/h1-4H3,(H,11,14). The number of ketones is 1. The van der Waals surface area contributed by atoms with E-state index in [0.717, 1.165) is 11.1 Å². The Morgan fingerprint density at radius 2 is 1.93 bits per heavy atom. The van der Waals surface area contributed by atoms with Gasteiger partial charge < -0.3 is 4.74 Å². The number of thiol groups is 1. The van der Waals surface area contributed by atoms with Crippen LogP contribution in [0.2, 0.25) is 0 Å². The van der Waals surface area contributed by atoms with Crippen LogP contribution in [0.25, 0.3) is 0 Å². The zero-order chi connectivity index (χ0) is 10.9. The molecule has 76 valence electrons. The minimum absolute atomic E-state index is 0.0731. The summed E-state index contributed by atoms with van der Waals surface area (Å²) in [6.07, 6.45) is 0. The van der Waals surface area contributed by atoms with Crippen molar-refractivity contribution in [3.8, 4) is 5.75 Å². The summed E-state index contributed by atoms with van der Waals surface area (Å²) in [5.74, 6) is 0.617. The summed E-state index contributed by atoms with van der Waals surface area (Å²) >= 11 is 4.19. The molecular formula is C10H13NO2S. The summed E-state index contributed by atoms with van der Waals surface area (Å²) in [6, 6.07) is 0. The molecule has 0 aliphatic carbocycles. The van der Waals surface area contributed by atoms with E-state index in [1.54, 1.807) is 7.11 Å². The van der Waals surface area contributed by atoms with Gasteiger partial charge in [0, 0.05) is 18.1 Å². The maximum absolute atomic E-state index is 11.2. The van der Waals surface area contributed by atoms with Crippen molar-refractivity contribution in [3.05, 3.63) is 16.8 Å². The molecule has 0 saturated carbocycles. The number of aromatic nitrogens is 1. The van der Waals surface area contributed by atoms with Gasteiger partial charge in [0.2, 0.25) is 0 Å². The molecule has 1 aromatic rings. The zero-order valence-corrected chi connectivity index (χ0v) is 9.61. The summed E-state index contributed by atoms with van der Waals surface area (Å²) in [5.41, 5.74) is 2.06. The van der Waals surface area contributed by atoms with E-state index in [4.69, 9.17) is 4.74 Å². The van der Waals surface area contributed by atoms with Crippen molar-refractivity contribution in [2.45, 2.75) is 25.8 Å². The number of carbonyl (C=O) groups excluding carboxylic acids is 1. The van der Waals surface area contributed by atoms with Gasteiger partial charge in [-0.2, -0.15) is 0 Å². The largest absolute Gasteiger partial charge is 0.496 e. The Kier molecular flexibility index (Phi) is 3.16.